The van der Waals surface area contributed by atoms with Crippen molar-refractivity contribution in [3.05, 3.63) is 59.8 Å². The largest absolute Gasteiger partial charge is 0.478 e. The molecule has 0 spiro atoms. The van der Waals surface area contributed by atoms with Crippen molar-refractivity contribution in [3.8, 4) is 0 Å². The van der Waals surface area contributed by atoms with Crippen LogP contribution in [0, 0.1) is 6.92 Å². The Labute approximate surface area is 118 Å². The standard InChI is InChI=1S/C16H16N2O2/c1-12-3-7-14(8-4-12)18(2)15-9-5-13(11-17-15)6-10-16(19)20/h3-11H,1-2H3,(H,19,20)/b10-6+. The Kier molecular flexibility index (Phi) is 4.15. The number of hydrogen-bond acceptors (Lipinski definition) is 3. The predicted molar refractivity (Wildman–Crippen MR) is 80.1 cm³/mol. The number of aryl methyl sites for hydroxylation is 1. The van der Waals surface area contributed by atoms with E-state index in [-0.39, 0.29) is 0 Å². The molecule has 0 bridgehead atoms. The Bertz CT molecular complexity index is 616. The van der Waals surface area contributed by atoms with Crippen LogP contribution in [0.2, 0.25) is 0 Å². The van der Waals surface area contributed by atoms with E-state index in [9.17, 15) is 4.79 Å². The third-order valence-corrected chi connectivity index (χ3v) is 2.95. The minimum absolute atomic E-state index is 0.758. The number of aromatic nitrogens is 1. The van der Waals surface area contributed by atoms with E-state index in [2.05, 4.69) is 17.1 Å². The number of carboxylic acid groups (broad SMARTS) is 1. The van der Waals surface area contributed by atoms with Crippen LogP contribution in [0.5, 0.6) is 0 Å². The Hall–Kier alpha value is -2.62. The first-order valence-corrected chi connectivity index (χ1v) is 6.24. The smallest absolute Gasteiger partial charge is 0.328 e. The van der Waals surface area contributed by atoms with Gasteiger partial charge < -0.3 is 10.0 Å². The molecular formula is C16H16N2O2. The minimum atomic E-state index is -0.967. The Balaban J connectivity index is 2.17. The molecule has 1 aromatic heterocycles. The van der Waals surface area contributed by atoms with Crippen LogP contribution in [0.1, 0.15) is 11.1 Å². The van der Waals surface area contributed by atoms with Crippen molar-refractivity contribution in [2.45, 2.75) is 6.92 Å². The molecule has 4 heteroatoms. The summed E-state index contributed by atoms with van der Waals surface area (Å²) >= 11 is 0. The Morgan fingerprint density at radius 1 is 1.20 bits per heavy atom. The van der Waals surface area contributed by atoms with Crippen molar-refractivity contribution in [3.63, 3.8) is 0 Å². The van der Waals surface area contributed by atoms with Crippen molar-refractivity contribution in [1.82, 2.24) is 4.98 Å². The van der Waals surface area contributed by atoms with Crippen molar-refractivity contribution >= 4 is 23.6 Å². The fourth-order valence-corrected chi connectivity index (χ4v) is 1.76. The molecule has 0 amide bonds. The molecular weight excluding hydrogens is 252 g/mol. The zero-order valence-corrected chi connectivity index (χ0v) is 11.4. The molecule has 0 unspecified atom stereocenters. The molecule has 0 fully saturated rings. The van der Waals surface area contributed by atoms with E-state index in [1.54, 1.807) is 6.20 Å². The summed E-state index contributed by atoms with van der Waals surface area (Å²) in [4.78, 5) is 16.8. The fraction of sp³-hybridized carbons (Fsp3) is 0.125. The lowest BCUT2D eigenvalue weighted by atomic mass is 10.2. The van der Waals surface area contributed by atoms with Gasteiger partial charge in [-0.25, -0.2) is 9.78 Å². The lowest BCUT2D eigenvalue weighted by Gasteiger charge is -2.18. The Morgan fingerprint density at radius 3 is 2.45 bits per heavy atom. The third-order valence-electron chi connectivity index (χ3n) is 2.95. The Morgan fingerprint density at radius 2 is 1.90 bits per heavy atom. The van der Waals surface area contributed by atoms with Crippen LogP contribution in [-0.4, -0.2) is 23.1 Å². The van der Waals surface area contributed by atoms with Crippen LogP contribution in [0.15, 0.2) is 48.7 Å². The van der Waals surface area contributed by atoms with E-state index in [0.717, 1.165) is 23.1 Å². The molecule has 0 saturated heterocycles. The van der Waals surface area contributed by atoms with Crippen LogP contribution in [0.4, 0.5) is 11.5 Å². The summed E-state index contributed by atoms with van der Waals surface area (Å²) in [6, 6.07) is 11.9. The van der Waals surface area contributed by atoms with Gasteiger partial charge in [-0.05, 0) is 42.8 Å². The number of benzene rings is 1. The maximum Gasteiger partial charge on any atom is 0.328 e. The molecule has 0 aliphatic carbocycles. The highest BCUT2D eigenvalue weighted by Gasteiger charge is 2.04. The van der Waals surface area contributed by atoms with Gasteiger partial charge in [0.15, 0.2) is 0 Å². The van der Waals surface area contributed by atoms with Crippen LogP contribution < -0.4 is 4.90 Å². The number of nitrogens with zero attached hydrogens (tertiary/aromatic N) is 2. The van der Waals surface area contributed by atoms with Crippen LogP contribution in [0.3, 0.4) is 0 Å². The second-order valence-corrected chi connectivity index (χ2v) is 4.52. The highest BCUT2D eigenvalue weighted by Crippen LogP contribution is 2.22. The molecule has 20 heavy (non-hydrogen) atoms. The zero-order chi connectivity index (χ0) is 14.5. The monoisotopic (exact) mass is 268 g/mol. The van der Waals surface area contributed by atoms with Gasteiger partial charge >= 0.3 is 5.97 Å². The highest BCUT2D eigenvalue weighted by molar-refractivity contribution is 5.85. The van der Waals surface area contributed by atoms with Gasteiger partial charge in [0.2, 0.25) is 0 Å². The SMILES string of the molecule is Cc1ccc(N(C)c2ccc(/C=C/C(=O)O)cn2)cc1. The lowest BCUT2D eigenvalue weighted by molar-refractivity contribution is -0.131. The van der Waals surface area contributed by atoms with Gasteiger partial charge in [0.1, 0.15) is 5.82 Å². The zero-order valence-electron chi connectivity index (χ0n) is 11.4. The average Bonchev–Trinajstić information content (AvgIpc) is 2.46. The van der Waals surface area contributed by atoms with Gasteiger partial charge in [-0.15, -0.1) is 0 Å². The maximum absolute atomic E-state index is 10.4. The molecule has 1 aromatic carbocycles. The van der Waals surface area contributed by atoms with Crippen molar-refractivity contribution < 1.29 is 9.90 Å². The normalized spacial score (nSPS) is 10.7. The average molecular weight is 268 g/mol. The van der Waals surface area contributed by atoms with E-state index in [0.29, 0.717) is 0 Å². The first kappa shape index (κ1) is 13.8. The summed E-state index contributed by atoms with van der Waals surface area (Å²) < 4.78 is 0. The summed E-state index contributed by atoms with van der Waals surface area (Å²) in [5.74, 6) is -0.160. The number of aliphatic carboxylic acids is 1. The molecule has 2 rings (SSSR count). The molecule has 0 aliphatic heterocycles. The maximum atomic E-state index is 10.4. The van der Waals surface area contributed by atoms with E-state index in [1.165, 1.54) is 11.6 Å². The third kappa shape index (κ3) is 3.45. The van der Waals surface area contributed by atoms with E-state index in [1.807, 2.05) is 43.1 Å². The van der Waals surface area contributed by atoms with Gasteiger partial charge in [0.25, 0.3) is 0 Å². The summed E-state index contributed by atoms with van der Waals surface area (Å²) in [7, 11) is 1.94. The minimum Gasteiger partial charge on any atom is -0.478 e. The van der Waals surface area contributed by atoms with E-state index >= 15 is 0 Å². The number of pyridine rings is 1. The van der Waals surface area contributed by atoms with Gasteiger partial charge in [-0.1, -0.05) is 17.7 Å². The van der Waals surface area contributed by atoms with Gasteiger partial charge in [-0.2, -0.15) is 0 Å². The van der Waals surface area contributed by atoms with Crippen LogP contribution in [0.25, 0.3) is 6.08 Å². The predicted octanol–water partition coefficient (Wildman–Crippen LogP) is 3.26. The van der Waals surface area contributed by atoms with Crippen molar-refractivity contribution in [2.75, 3.05) is 11.9 Å². The summed E-state index contributed by atoms with van der Waals surface area (Å²) in [5, 5.41) is 8.57. The summed E-state index contributed by atoms with van der Waals surface area (Å²) in [6.07, 6.45) is 4.27. The number of anilines is 2. The van der Waals surface area contributed by atoms with E-state index < -0.39 is 5.97 Å². The fourth-order valence-electron chi connectivity index (χ4n) is 1.76. The molecule has 1 heterocycles. The molecule has 0 radical (unpaired) electrons. The second-order valence-electron chi connectivity index (χ2n) is 4.52. The lowest BCUT2D eigenvalue weighted by Crippen LogP contribution is -2.10. The number of hydrogen-bond donors (Lipinski definition) is 1. The van der Waals surface area contributed by atoms with Crippen LogP contribution in [-0.2, 0) is 4.79 Å². The molecule has 0 saturated carbocycles. The molecule has 0 aliphatic rings. The second kappa shape index (κ2) is 6.02. The first-order valence-electron chi connectivity index (χ1n) is 6.24. The van der Waals surface area contributed by atoms with Crippen LogP contribution >= 0.6 is 0 Å². The number of rotatable bonds is 4. The molecule has 0 atom stereocenters. The van der Waals surface area contributed by atoms with Gasteiger partial charge in [0.05, 0.1) is 0 Å². The highest BCUT2D eigenvalue weighted by atomic mass is 16.4. The van der Waals surface area contributed by atoms with Gasteiger partial charge in [0, 0.05) is 25.0 Å². The summed E-state index contributed by atoms with van der Waals surface area (Å²) in [6.45, 7) is 2.05. The molecule has 4 nitrogen and oxygen atoms in total. The quantitative estimate of drug-likeness (QED) is 0.865. The molecule has 102 valence electrons. The van der Waals surface area contributed by atoms with Crippen molar-refractivity contribution in [1.29, 1.82) is 0 Å². The topological polar surface area (TPSA) is 53.4 Å². The number of carboxylic acids is 1. The molecule has 1 N–H and O–H groups in total. The molecule has 2 aromatic rings. The van der Waals surface area contributed by atoms with Gasteiger partial charge in [-0.3, -0.25) is 0 Å². The summed E-state index contributed by atoms with van der Waals surface area (Å²) in [5.41, 5.74) is 3.02. The first-order chi connectivity index (χ1) is 9.56. The number of carbonyl (C=O) groups is 1. The van der Waals surface area contributed by atoms with Crippen molar-refractivity contribution in [2.24, 2.45) is 0 Å². The van der Waals surface area contributed by atoms with E-state index in [4.69, 9.17) is 5.11 Å².